The molecule has 2 unspecified atom stereocenters. The van der Waals surface area contributed by atoms with Gasteiger partial charge in [0.1, 0.15) is 6.61 Å². The topological polar surface area (TPSA) is 79.2 Å². The third kappa shape index (κ3) is 2.76. The van der Waals surface area contributed by atoms with Gasteiger partial charge in [0.15, 0.2) is 0 Å². The van der Waals surface area contributed by atoms with Crippen LogP contribution in [0.2, 0.25) is 0 Å². The zero-order valence-electron chi connectivity index (χ0n) is 11.4. The van der Waals surface area contributed by atoms with E-state index in [1.165, 1.54) is 7.11 Å². The van der Waals surface area contributed by atoms with E-state index in [4.69, 9.17) is 14.6 Å². The number of piperidine rings is 1. The van der Waals surface area contributed by atoms with E-state index in [1.54, 1.807) is 4.90 Å². The molecule has 19 heavy (non-hydrogen) atoms. The SMILES string of the molecule is COCC(=O)N1CCC2(CC1)C(O)CC2OCCO. The van der Waals surface area contributed by atoms with Gasteiger partial charge in [-0.15, -0.1) is 0 Å². The number of hydrogen-bond donors (Lipinski definition) is 2. The molecule has 110 valence electrons. The average molecular weight is 273 g/mol. The van der Waals surface area contributed by atoms with Crippen LogP contribution in [0.3, 0.4) is 0 Å². The molecule has 0 aromatic carbocycles. The molecule has 1 amide bonds. The molecule has 1 heterocycles. The molecule has 0 aromatic heterocycles. The van der Waals surface area contributed by atoms with Crippen LogP contribution in [0.25, 0.3) is 0 Å². The van der Waals surface area contributed by atoms with Crippen molar-refractivity contribution in [3.63, 3.8) is 0 Å². The number of aliphatic hydroxyl groups excluding tert-OH is 2. The molecule has 6 nitrogen and oxygen atoms in total. The number of carbonyl (C=O) groups excluding carboxylic acids is 1. The molecule has 2 aliphatic rings. The molecule has 0 aromatic rings. The molecular formula is C13H23NO5. The van der Waals surface area contributed by atoms with Gasteiger partial charge in [0.2, 0.25) is 5.91 Å². The van der Waals surface area contributed by atoms with Crippen molar-refractivity contribution < 1.29 is 24.5 Å². The van der Waals surface area contributed by atoms with E-state index >= 15 is 0 Å². The van der Waals surface area contributed by atoms with Gasteiger partial charge in [-0.2, -0.15) is 0 Å². The first-order valence-electron chi connectivity index (χ1n) is 6.81. The summed E-state index contributed by atoms with van der Waals surface area (Å²) in [5.74, 6) is -0.000935. The van der Waals surface area contributed by atoms with Crippen LogP contribution < -0.4 is 0 Å². The normalized spacial score (nSPS) is 29.3. The molecule has 0 radical (unpaired) electrons. The monoisotopic (exact) mass is 273 g/mol. The number of aliphatic hydroxyl groups is 2. The minimum Gasteiger partial charge on any atom is -0.394 e. The van der Waals surface area contributed by atoms with Crippen LogP contribution in [0.1, 0.15) is 19.3 Å². The Morgan fingerprint density at radius 3 is 2.63 bits per heavy atom. The van der Waals surface area contributed by atoms with Crippen LogP contribution in [-0.4, -0.2) is 73.2 Å². The smallest absolute Gasteiger partial charge is 0.248 e. The lowest BCUT2D eigenvalue weighted by Gasteiger charge is -2.56. The van der Waals surface area contributed by atoms with Gasteiger partial charge in [0.05, 0.1) is 25.4 Å². The highest BCUT2D eigenvalue weighted by atomic mass is 16.5. The Bertz CT molecular complexity index is 314. The highest BCUT2D eigenvalue weighted by molar-refractivity contribution is 5.77. The van der Waals surface area contributed by atoms with Crippen LogP contribution in [0.4, 0.5) is 0 Å². The second kappa shape index (κ2) is 6.17. The summed E-state index contributed by atoms with van der Waals surface area (Å²) >= 11 is 0. The lowest BCUT2D eigenvalue weighted by molar-refractivity contribution is -0.213. The van der Waals surface area contributed by atoms with E-state index in [0.29, 0.717) is 26.1 Å². The third-order valence-electron chi connectivity index (χ3n) is 4.47. The van der Waals surface area contributed by atoms with Crippen LogP contribution >= 0.6 is 0 Å². The first-order chi connectivity index (χ1) is 9.14. The second-order valence-corrected chi connectivity index (χ2v) is 5.38. The highest BCUT2D eigenvalue weighted by Gasteiger charge is 2.56. The summed E-state index contributed by atoms with van der Waals surface area (Å²) in [6, 6.07) is 0. The second-order valence-electron chi connectivity index (χ2n) is 5.38. The number of ether oxygens (including phenoxy) is 2. The number of methoxy groups -OCH3 is 1. The number of likely N-dealkylation sites (tertiary alicyclic amines) is 1. The number of carbonyl (C=O) groups is 1. The molecule has 2 fully saturated rings. The summed E-state index contributed by atoms with van der Waals surface area (Å²) in [4.78, 5) is 13.5. The lowest BCUT2D eigenvalue weighted by atomic mass is 9.58. The Kier molecular flexibility index (Phi) is 4.78. The number of nitrogens with zero attached hydrogens (tertiary/aromatic N) is 1. The number of rotatable bonds is 5. The zero-order chi connectivity index (χ0) is 13.9. The van der Waals surface area contributed by atoms with Gasteiger partial charge in [-0.05, 0) is 12.8 Å². The summed E-state index contributed by atoms with van der Waals surface area (Å²) in [5.41, 5.74) is -0.223. The summed E-state index contributed by atoms with van der Waals surface area (Å²) < 4.78 is 10.4. The first-order valence-corrected chi connectivity index (χ1v) is 6.81. The van der Waals surface area contributed by atoms with Crippen LogP contribution in [0, 0.1) is 5.41 Å². The number of amides is 1. The molecule has 1 spiro atoms. The van der Waals surface area contributed by atoms with Crippen LogP contribution in [-0.2, 0) is 14.3 Å². The average Bonchev–Trinajstić information content (AvgIpc) is 2.43. The fourth-order valence-electron chi connectivity index (χ4n) is 3.20. The minimum atomic E-state index is -0.351. The first kappa shape index (κ1) is 14.7. The Morgan fingerprint density at radius 1 is 1.42 bits per heavy atom. The molecule has 1 saturated carbocycles. The molecule has 0 bridgehead atoms. The predicted octanol–water partition coefficient (Wildman–Crippen LogP) is -0.616. The molecular weight excluding hydrogens is 250 g/mol. The standard InChI is InChI=1S/C13H23NO5/c1-18-9-12(17)14-4-2-13(3-5-14)10(16)8-11(13)19-7-6-15/h10-11,15-16H,2-9H2,1H3. The molecule has 2 rings (SSSR count). The van der Waals surface area contributed by atoms with Crippen LogP contribution in [0.5, 0.6) is 0 Å². The summed E-state index contributed by atoms with van der Waals surface area (Å²) in [6.45, 7) is 1.70. The van der Waals surface area contributed by atoms with Gasteiger partial charge in [0.25, 0.3) is 0 Å². The maximum Gasteiger partial charge on any atom is 0.248 e. The van der Waals surface area contributed by atoms with Gasteiger partial charge in [-0.25, -0.2) is 0 Å². The zero-order valence-corrected chi connectivity index (χ0v) is 11.4. The van der Waals surface area contributed by atoms with Crippen molar-refractivity contribution in [1.29, 1.82) is 0 Å². The minimum absolute atomic E-state index is 0.000935. The lowest BCUT2D eigenvalue weighted by Crippen LogP contribution is -2.63. The van der Waals surface area contributed by atoms with E-state index in [1.807, 2.05) is 0 Å². The van der Waals surface area contributed by atoms with E-state index in [0.717, 1.165) is 12.8 Å². The Labute approximate surface area is 113 Å². The Balaban J connectivity index is 1.88. The van der Waals surface area contributed by atoms with E-state index < -0.39 is 0 Å². The molecule has 1 saturated heterocycles. The van der Waals surface area contributed by atoms with Gasteiger partial charge < -0.3 is 24.6 Å². The number of hydrogen-bond acceptors (Lipinski definition) is 5. The van der Waals surface area contributed by atoms with Crippen molar-refractivity contribution in [3.8, 4) is 0 Å². The summed E-state index contributed by atoms with van der Waals surface area (Å²) in [5, 5.41) is 18.9. The summed E-state index contributed by atoms with van der Waals surface area (Å²) in [6.07, 6.45) is 1.79. The maximum atomic E-state index is 11.7. The highest BCUT2D eigenvalue weighted by Crippen LogP contribution is 2.50. The van der Waals surface area contributed by atoms with E-state index in [-0.39, 0.29) is 36.7 Å². The van der Waals surface area contributed by atoms with E-state index in [9.17, 15) is 9.90 Å². The van der Waals surface area contributed by atoms with Gasteiger partial charge in [-0.1, -0.05) is 0 Å². The van der Waals surface area contributed by atoms with Crippen molar-refractivity contribution in [1.82, 2.24) is 4.90 Å². The third-order valence-corrected chi connectivity index (χ3v) is 4.47. The molecule has 2 N–H and O–H groups in total. The Morgan fingerprint density at radius 2 is 2.11 bits per heavy atom. The molecule has 1 aliphatic carbocycles. The quantitative estimate of drug-likeness (QED) is 0.698. The molecule has 1 aliphatic heterocycles. The van der Waals surface area contributed by atoms with Gasteiger partial charge in [-0.3, -0.25) is 4.79 Å². The molecule has 6 heteroatoms. The van der Waals surface area contributed by atoms with E-state index in [2.05, 4.69) is 0 Å². The van der Waals surface area contributed by atoms with Crippen molar-refractivity contribution in [2.45, 2.75) is 31.5 Å². The molecule has 2 atom stereocenters. The van der Waals surface area contributed by atoms with Crippen molar-refractivity contribution in [2.24, 2.45) is 5.41 Å². The summed E-state index contributed by atoms with van der Waals surface area (Å²) in [7, 11) is 1.51. The van der Waals surface area contributed by atoms with Crippen molar-refractivity contribution in [2.75, 3.05) is 40.0 Å². The van der Waals surface area contributed by atoms with Crippen molar-refractivity contribution in [3.05, 3.63) is 0 Å². The van der Waals surface area contributed by atoms with Gasteiger partial charge >= 0.3 is 0 Å². The largest absolute Gasteiger partial charge is 0.394 e. The van der Waals surface area contributed by atoms with Crippen LogP contribution in [0.15, 0.2) is 0 Å². The fourth-order valence-corrected chi connectivity index (χ4v) is 3.20. The fraction of sp³-hybridized carbons (Fsp3) is 0.923. The van der Waals surface area contributed by atoms with Crippen molar-refractivity contribution >= 4 is 5.91 Å². The Hall–Kier alpha value is -0.690. The maximum absolute atomic E-state index is 11.7. The van der Waals surface area contributed by atoms with Gasteiger partial charge in [0, 0.05) is 32.0 Å². The predicted molar refractivity (Wildman–Crippen MR) is 67.6 cm³/mol.